The van der Waals surface area contributed by atoms with E-state index in [0.29, 0.717) is 5.56 Å². The summed E-state index contributed by atoms with van der Waals surface area (Å²) in [7, 11) is 0. The average Bonchev–Trinajstić information content (AvgIpc) is 2.35. The first-order chi connectivity index (χ1) is 9.00. The summed E-state index contributed by atoms with van der Waals surface area (Å²) in [6.07, 6.45) is -0.282. The van der Waals surface area contributed by atoms with Crippen LogP contribution in [0, 0.1) is 17.5 Å². The van der Waals surface area contributed by atoms with Crippen molar-refractivity contribution in [3.63, 3.8) is 0 Å². The van der Waals surface area contributed by atoms with Gasteiger partial charge in [0.05, 0.1) is 10.0 Å². The number of ketones is 1. The van der Waals surface area contributed by atoms with Crippen molar-refractivity contribution in [1.82, 2.24) is 0 Å². The Kier molecular flexibility index (Phi) is 4.04. The third kappa shape index (κ3) is 2.87. The lowest BCUT2D eigenvalue weighted by molar-refractivity contribution is 0.0984. The highest BCUT2D eigenvalue weighted by Gasteiger charge is 2.18. The summed E-state index contributed by atoms with van der Waals surface area (Å²) >= 11 is 3.00. The Morgan fingerprint density at radius 3 is 2.11 bits per heavy atom. The minimum absolute atomic E-state index is 0.125. The molecule has 0 aliphatic carbocycles. The topological polar surface area (TPSA) is 17.1 Å². The van der Waals surface area contributed by atoms with E-state index in [2.05, 4.69) is 15.9 Å². The fourth-order valence-corrected chi connectivity index (χ4v) is 2.12. The Bertz CT molecular complexity index is 620. The molecular formula is C14H8BrF3O. The van der Waals surface area contributed by atoms with Crippen molar-refractivity contribution in [2.24, 2.45) is 0 Å². The summed E-state index contributed by atoms with van der Waals surface area (Å²) in [4.78, 5) is 11.9. The third-order valence-electron chi connectivity index (χ3n) is 2.62. The van der Waals surface area contributed by atoms with Crippen molar-refractivity contribution in [2.45, 2.75) is 6.42 Å². The Morgan fingerprint density at radius 2 is 1.47 bits per heavy atom. The van der Waals surface area contributed by atoms with Crippen LogP contribution in [0.3, 0.4) is 0 Å². The van der Waals surface area contributed by atoms with Gasteiger partial charge in [0.1, 0.15) is 17.5 Å². The van der Waals surface area contributed by atoms with Gasteiger partial charge >= 0.3 is 0 Å². The second-order valence-electron chi connectivity index (χ2n) is 3.91. The predicted octanol–water partition coefficient (Wildman–Crippen LogP) is 4.29. The first-order valence-electron chi connectivity index (χ1n) is 5.41. The van der Waals surface area contributed by atoms with Gasteiger partial charge in [-0.15, -0.1) is 0 Å². The number of Topliss-reactive ketones (excluding diaryl/α,β-unsaturated/α-hetero) is 1. The first kappa shape index (κ1) is 13.8. The van der Waals surface area contributed by atoms with E-state index in [1.165, 1.54) is 24.3 Å². The molecule has 0 bridgehead atoms. The SMILES string of the molecule is O=C(Cc1cccc(F)c1Br)c1c(F)cccc1F. The van der Waals surface area contributed by atoms with Gasteiger partial charge in [0.2, 0.25) is 0 Å². The number of hydrogen-bond acceptors (Lipinski definition) is 1. The third-order valence-corrected chi connectivity index (χ3v) is 3.51. The highest BCUT2D eigenvalue weighted by atomic mass is 79.9. The second-order valence-corrected chi connectivity index (χ2v) is 4.70. The van der Waals surface area contributed by atoms with Crippen LogP contribution in [0.1, 0.15) is 15.9 Å². The molecule has 2 aromatic rings. The normalized spacial score (nSPS) is 10.5. The summed E-state index contributed by atoms with van der Waals surface area (Å²) in [5.41, 5.74) is -0.258. The largest absolute Gasteiger partial charge is 0.294 e. The van der Waals surface area contributed by atoms with Gasteiger partial charge in [0.15, 0.2) is 5.78 Å². The van der Waals surface area contributed by atoms with Gasteiger partial charge in [-0.3, -0.25) is 4.79 Å². The number of hydrogen-bond donors (Lipinski definition) is 0. The van der Waals surface area contributed by atoms with Crippen molar-refractivity contribution in [1.29, 1.82) is 0 Å². The minimum atomic E-state index is -0.919. The molecule has 0 radical (unpaired) electrons. The fraction of sp³-hybridized carbons (Fsp3) is 0.0714. The molecule has 0 unspecified atom stereocenters. The Morgan fingerprint density at radius 1 is 0.947 bits per heavy atom. The maximum Gasteiger partial charge on any atom is 0.173 e. The van der Waals surface area contributed by atoms with E-state index < -0.39 is 28.8 Å². The molecule has 1 nitrogen and oxygen atoms in total. The summed E-state index contributed by atoms with van der Waals surface area (Å²) in [6, 6.07) is 7.37. The number of carbonyl (C=O) groups excluding carboxylic acids is 1. The zero-order chi connectivity index (χ0) is 14.0. The van der Waals surface area contributed by atoms with E-state index in [4.69, 9.17) is 0 Å². The highest BCUT2D eigenvalue weighted by molar-refractivity contribution is 9.10. The molecule has 2 aromatic carbocycles. The maximum atomic E-state index is 13.4. The number of rotatable bonds is 3. The van der Waals surface area contributed by atoms with E-state index in [9.17, 15) is 18.0 Å². The molecule has 0 aromatic heterocycles. The molecule has 0 N–H and O–H groups in total. The predicted molar refractivity (Wildman–Crippen MR) is 68.5 cm³/mol. The Labute approximate surface area is 116 Å². The average molecular weight is 329 g/mol. The zero-order valence-corrected chi connectivity index (χ0v) is 11.2. The number of halogens is 4. The summed E-state index contributed by atoms with van der Waals surface area (Å²) in [5, 5.41) is 0. The second kappa shape index (κ2) is 5.57. The van der Waals surface area contributed by atoms with Crippen molar-refractivity contribution in [3.8, 4) is 0 Å². The van der Waals surface area contributed by atoms with Crippen molar-refractivity contribution >= 4 is 21.7 Å². The monoisotopic (exact) mass is 328 g/mol. The van der Waals surface area contributed by atoms with Gasteiger partial charge in [-0.2, -0.15) is 0 Å². The smallest absolute Gasteiger partial charge is 0.173 e. The van der Waals surface area contributed by atoms with Gasteiger partial charge in [0.25, 0.3) is 0 Å². The molecule has 0 saturated carbocycles. The molecule has 0 heterocycles. The van der Waals surface area contributed by atoms with Crippen molar-refractivity contribution < 1.29 is 18.0 Å². The van der Waals surface area contributed by atoms with Crippen LogP contribution in [0.5, 0.6) is 0 Å². The molecule has 0 saturated heterocycles. The van der Waals surface area contributed by atoms with Gasteiger partial charge < -0.3 is 0 Å². The molecule has 0 spiro atoms. The van der Waals surface area contributed by atoms with Gasteiger partial charge in [0, 0.05) is 6.42 Å². The zero-order valence-electron chi connectivity index (χ0n) is 9.59. The van der Waals surface area contributed by atoms with E-state index in [1.54, 1.807) is 0 Å². The molecule has 0 atom stereocenters. The first-order valence-corrected chi connectivity index (χ1v) is 6.20. The summed E-state index contributed by atoms with van der Waals surface area (Å²) in [6.45, 7) is 0. The molecular weight excluding hydrogens is 321 g/mol. The molecule has 0 aliphatic heterocycles. The highest BCUT2D eigenvalue weighted by Crippen LogP contribution is 2.23. The van der Waals surface area contributed by atoms with Gasteiger partial charge in [-0.25, -0.2) is 13.2 Å². The van der Waals surface area contributed by atoms with Gasteiger partial charge in [-0.1, -0.05) is 18.2 Å². The molecule has 0 amide bonds. The van der Waals surface area contributed by atoms with E-state index in [-0.39, 0.29) is 10.9 Å². The molecule has 98 valence electrons. The Hall–Kier alpha value is -1.62. The van der Waals surface area contributed by atoms with E-state index >= 15 is 0 Å². The van der Waals surface area contributed by atoms with Crippen LogP contribution in [0.2, 0.25) is 0 Å². The molecule has 0 fully saturated rings. The molecule has 2 rings (SSSR count). The molecule has 19 heavy (non-hydrogen) atoms. The molecule has 5 heteroatoms. The standard InChI is InChI=1S/C14H8BrF3O/c15-14-8(3-1-6-11(14)18)7-12(19)13-9(16)4-2-5-10(13)17/h1-6H,7H2. The van der Waals surface area contributed by atoms with Crippen LogP contribution < -0.4 is 0 Å². The lowest BCUT2D eigenvalue weighted by atomic mass is 10.0. The Balaban J connectivity index is 2.34. The van der Waals surface area contributed by atoms with Crippen LogP contribution in [-0.2, 0) is 6.42 Å². The summed E-state index contributed by atoms with van der Waals surface area (Å²) in [5.74, 6) is -3.10. The lowest BCUT2D eigenvalue weighted by Crippen LogP contribution is -2.09. The van der Waals surface area contributed by atoms with Crippen LogP contribution >= 0.6 is 15.9 Å². The molecule has 0 aliphatic rings. The van der Waals surface area contributed by atoms with Gasteiger partial charge in [-0.05, 0) is 39.7 Å². The lowest BCUT2D eigenvalue weighted by Gasteiger charge is -2.06. The van der Waals surface area contributed by atoms with E-state index in [0.717, 1.165) is 12.1 Å². The van der Waals surface area contributed by atoms with Crippen LogP contribution in [-0.4, -0.2) is 5.78 Å². The quantitative estimate of drug-likeness (QED) is 0.768. The minimum Gasteiger partial charge on any atom is -0.294 e. The van der Waals surface area contributed by atoms with Crippen molar-refractivity contribution in [3.05, 3.63) is 69.4 Å². The number of carbonyl (C=O) groups is 1. The fourth-order valence-electron chi connectivity index (χ4n) is 1.71. The summed E-state index contributed by atoms with van der Waals surface area (Å²) < 4.78 is 40.3. The maximum absolute atomic E-state index is 13.4. The van der Waals surface area contributed by atoms with E-state index in [1.807, 2.05) is 0 Å². The van der Waals surface area contributed by atoms with Crippen molar-refractivity contribution in [2.75, 3.05) is 0 Å². The van der Waals surface area contributed by atoms with Crippen LogP contribution in [0.25, 0.3) is 0 Å². The van der Waals surface area contributed by atoms with Crippen LogP contribution in [0.15, 0.2) is 40.9 Å². The van der Waals surface area contributed by atoms with Crippen LogP contribution in [0.4, 0.5) is 13.2 Å². The number of benzene rings is 2.